The minimum Gasteiger partial charge on any atom is -0.271 e. The first-order valence-corrected chi connectivity index (χ1v) is 7.19. The summed E-state index contributed by atoms with van der Waals surface area (Å²) in [6.07, 6.45) is 3.55. The van der Waals surface area contributed by atoms with Crippen molar-refractivity contribution in [3.05, 3.63) is 12.2 Å². The van der Waals surface area contributed by atoms with E-state index in [4.69, 9.17) is 5.84 Å². The van der Waals surface area contributed by atoms with E-state index in [9.17, 15) is 0 Å². The van der Waals surface area contributed by atoms with Gasteiger partial charge in [0.1, 0.15) is 12.2 Å². The maximum atomic E-state index is 5.79. The lowest BCUT2D eigenvalue weighted by atomic mass is 10.0. The number of hydrogen-bond acceptors (Lipinski definition) is 4. The van der Waals surface area contributed by atoms with E-state index in [1.807, 2.05) is 4.68 Å². The highest BCUT2D eigenvalue weighted by atomic mass is 15.3. The number of aromatic nitrogens is 3. The van der Waals surface area contributed by atoms with Crippen molar-refractivity contribution in [3.8, 4) is 0 Å². The number of rotatable bonds is 6. The van der Waals surface area contributed by atoms with E-state index in [-0.39, 0.29) is 6.04 Å². The predicted molar refractivity (Wildman–Crippen MR) is 76.2 cm³/mol. The molecule has 0 aromatic carbocycles. The van der Waals surface area contributed by atoms with E-state index in [1.165, 1.54) is 0 Å². The van der Waals surface area contributed by atoms with Crippen LogP contribution in [0.25, 0.3) is 0 Å². The summed E-state index contributed by atoms with van der Waals surface area (Å²) in [6.45, 7) is 12.3. The zero-order valence-electron chi connectivity index (χ0n) is 12.8. The lowest BCUT2D eigenvalue weighted by molar-refractivity contribution is 0.387. The number of nitrogens with zero attached hydrogens (tertiary/aromatic N) is 3. The van der Waals surface area contributed by atoms with E-state index >= 15 is 0 Å². The van der Waals surface area contributed by atoms with Gasteiger partial charge in [-0.1, -0.05) is 34.6 Å². The smallest absolute Gasteiger partial charge is 0.138 e. The molecule has 0 spiro atoms. The summed E-state index contributed by atoms with van der Waals surface area (Å²) in [5.74, 6) is 7.39. The van der Waals surface area contributed by atoms with Crippen LogP contribution in [0.15, 0.2) is 6.33 Å². The molecule has 0 saturated heterocycles. The number of hydrogen-bond donors (Lipinski definition) is 2. The third kappa shape index (κ3) is 2.30. The van der Waals surface area contributed by atoms with Gasteiger partial charge in [0.05, 0.1) is 0 Å². The van der Waals surface area contributed by atoms with Crippen molar-refractivity contribution in [2.24, 2.45) is 22.6 Å². The van der Waals surface area contributed by atoms with Gasteiger partial charge in [0.15, 0.2) is 0 Å². The first-order chi connectivity index (χ1) is 8.86. The van der Waals surface area contributed by atoms with Gasteiger partial charge in [0, 0.05) is 19.0 Å². The lowest BCUT2D eigenvalue weighted by Gasteiger charge is -2.18. The fraction of sp³-hybridized carbons (Fsp3) is 0.857. The quantitative estimate of drug-likeness (QED) is 0.607. The Morgan fingerprint density at radius 3 is 2.47 bits per heavy atom. The van der Waals surface area contributed by atoms with E-state index in [0.717, 1.165) is 25.2 Å². The molecule has 108 valence electrons. The third-order valence-corrected chi connectivity index (χ3v) is 5.28. The molecule has 1 atom stereocenters. The van der Waals surface area contributed by atoms with Crippen LogP contribution in [0.1, 0.15) is 46.9 Å². The maximum absolute atomic E-state index is 5.79. The van der Waals surface area contributed by atoms with E-state index in [2.05, 4.69) is 50.1 Å². The van der Waals surface area contributed by atoms with Crippen molar-refractivity contribution in [2.45, 2.75) is 60.0 Å². The summed E-state index contributed by atoms with van der Waals surface area (Å²) >= 11 is 0. The van der Waals surface area contributed by atoms with Gasteiger partial charge in [-0.15, -0.1) is 0 Å². The average molecular weight is 265 g/mol. The van der Waals surface area contributed by atoms with Crippen LogP contribution in [-0.2, 0) is 13.0 Å². The molecule has 1 heterocycles. The van der Waals surface area contributed by atoms with Gasteiger partial charge in [-0.25, -0.2) is 4.98 Å². The summed E-state index contributed by atoms with van der Waals surface area (Å²) in [5.41, 5.74) is 3.64. The van der Waals surface area contributed by atoms with Crippen molar-refractivity contribution in [3.63, 3.8) is 0 Å². The molecule has 1 saturated carbocycles. The van der Waals surface area contributed by atoms with Gasteiger partial charge in [-0.05, 0) is 23.2 Å². The van der Waals surface area contributed by atoms with Crippen LogP contribution in [-0.4, -0.2) is 20.8 Å². The Morgan fingerprint density at radius 1 is 1.37 bits per heavy atom. The van der Waals surface area contributed by atoms with Crippen LogP contribution in [0.5, 0.6) is 0 Å². The molecule has 3 N–H and O–H groups in total. The molecule has 0 bridgehead atoms. The highest BCUT2D eigenvalue weighted by molar-refractivity contribution is 5.17. The minimum absolute atomic E-state index is 0.254. The SMILES string of the molecule is CCCn1ncnc1CC(NN)C1C(C)(C)C1(C)C. The summed E-state index contributed by atoms with van der Waals surface area (Å²) in [5, 5.41) is 4.28. The third-order valence-electron chi connectivity index (χ3n) is 5.28. The number of hydrazine groups is 1. The Morgan fingerprint density at radius 2 is 2.00 bits per heavy atom. The van der Waals surface area contributed by atoms with E-state index in [0.29, 0.717) is 16.7 Å². The van der Waals surface area contributed by atoms with Gasteiger partial charge in [0.2, 0.25) is 0 Å². The zero-order chi connectivity index (χ0) is 14.3. The maximum Gasteiger partial charge on any atom is 0.138 e. The van der Waals surface area contributed by atoms with Crippen LogP contribution in [0, 0.1) is 16.7 Å². The molecule has 1 unspecified atom stereocenters. The standard InChI is InChI=1S/C14H27N5/c1-6-7-19-11(16-9-17-19)8-10(18-15)12-13(2,3)14(12,4)5/h9-10,12,18H,6-8,15H2,1-5H3. The molecule has 0 amide bonds. The minimum atomic E-state index is 0.254. The largest absolute Gasteiger partial charge is 0.271 e. The van der Waals surface area contributed by atoms with Gasteiger partial charge in [0.25, 0.3) is 0 Å². The predicted octanol–water partition coefficient (Wildman–Crippen LogP) is 1.74. The summed E-state index contributed by atoms with van der Waals surface area (Å²) in [4.78, 5) is 4.38. The van der Waals surface area contributed by atoms with Crippen LogP contribution < -0.4 is 11.3 Å². The molecular weight excluding hydrogens is 238 g/mol. The molecule has 0 radical (unpaired) electrons. The molecule has 0 aliphatic heterocycles. The second-order valence-corrected chi connectivity index (χ2v) is 6.80. The van der Waals surface area contributed by atoms with Crippen LogP contribution in [0.3, 0.4) is 0 Å². The molecule has 1 aromatic rings. The topological polar surface area (TPSA) is 68.8 Å². The highest BCUT2D eigenvalue weighted by Crippen LogP contribution is 2.69. The molecule has 5 nitrogen and oxygen atoms in total. The van der Waals surface area contributed by atoms with E-state index in [1.54, 1.807) is 6.33 Å². The first-order valence-electron chi connectivity index (χ1n) is 7.19. The van der Waals surface area contributed by atoms with Gasteiger partial charge in [-0.3, -0.25) is 16.0 Å². The summed E-state index contributed by atoms with van der Waals surface area (Å²) < 4.78 is 1.99. The van der Waals surface area contributed by atoms with E-state index < -0.39 is 0 Å². The van der Waals surface area contributed by atoms with Crippen molar-refractivity contribution >= 4 is 0 Å². The van der Waals surface area contributed by atoms with Crippen molar-refractivity contribution in [2.75, 3.05) is 0 Å². The fourth-order valence-electron chi connectivity index (χ4n) is 3.57. The second kappa shape index (κ2) is 4.87. The second-order valence-electron chi connectivity index (χ2n) is 6.80. The molecule has 1 aromatic heterocycles. The van der Waals surface area contributed by atoms with Crippen molar-refractivity contribution in [1.29, 1.82) is 0 Å². The van der Waals surface area contributed by atoms with Gasteiger partial charge in [-0.2, -0.15) is 5.10 Å². The Labute approximate surface area is 115 Å². The van der Waals surface area contributed by atoms with Gasteiger partial charge < -0.3 is 0 Å². The molecule has 5 heteroatoms. The molecule has 19 heavy (non-hydrogen) atoms. The zero-order valence-corrected chi connectivity index (χ0v) is 12.8. The number of nitrogens with two attached hydrogens (primary N) is 1. The van der Waals surface area contributed by atoms with Crippen molar-refractivity contribution in [1.82, 2.24) is 20.2 Å². The molecule has 1 aliphatic carbocycles. The lowest BCUT2D eigenvalue weighted by Crippen LogP contribution is -2.41. The van der Waals surface area contributed by atoms with Crippen LogP contribution in [0.4, 0.5) is 0 Å². The monoisotopic (exact) mass is 265 g/mol. The fourth-order valence-corrected chi connectivity index (χ4v) is 3.57. The highest BCUT2D eigenvalue weighted by Gasteiger charge is 2.66. The molecule has 1 aliphatic rings. The average Bonchev–Trinajstić information content (AvgIpc) is 2.68. The molecule has 2 rings (SSSR count). The Bertz CT molecular complexity index is 421. The normalized spacial score (nSPS) is 22.4. The van der Waals surface area contributed by atoms with Gasteiger partial charge >= 0.3 is 0 Å². The first kappa shape index (κ1) is 14.5. The summed E-state index contributed by atoms with van der Waals surface area (Å²) in [7, 11) is 0. The van der Waals surface area contributed by atoms with Crippen LogP contribution >= 0.6 is 0 Å². The molecule has 1 fully saturated rings. The number of aryl methyl sites for hydroxylation is 1. The Kier molecular flexibility index (Phi) is 3.71. The summed E-state index contributed by atoms with van der Waals surface area (Å²) in [6, 6.07) is 0.254. The Balaban J connectivity index is 2.11. The Hall–Kier alpha value is -0.940. The number of nitrogens with one attached hydrogen (secondary N) is 1. The molecular formula is C14H27N5. The van der Waals surface area contributed by atoms with Crippen molar-refractivity contribution < 1.29 is 0 Å². The van der Waals surface area contributed by atoms with Crippen LogP contribution in [0.2, 0.25) is 0 Å².